The number of para-hydroxylation sites is 1. The number of hydrogen-bond donors (Lipinski definition) is 5. The number of benzene rings is 1. The van der Waals surface area contributed by atoms with Gasteiger partial charge in [0, 0.05) is 29.4 Å². The third kappa shape index (κ3) is 6.61. The van der Waals surface area contributed by atoms with Crippen molar-refractivity contribution in [3.05, 3.63) is 36.0 Å². The van der Waals surface area contributed by atoms with E-state index in [1.54, 1.807) is 6.20 Å². The number of aromatic amines is 1. The molecule has 0 aliphatic heterocycles. The molecule has 30 heavy (non-hydrogen) atoms. The zero-order valence-electron chi connectivity index (χ0n) is 17.0. The summed E-state index contributed by atoms with van der Waals surface area (Å²) in [5.74, 6) is -4.19. The molecule has 2 atom stereocenters. The summed E-state index contributed by atoms with van der Waals surface area (Å²) >= 11 is 0. The molecule has 0 aliphatic carbocycles. The van der Waals surface area contributed by atoms with Gasteiger partial charge in [-0.25, -0.2) is 0 Å². The number of amides is 2. The molecule has 2 rings (SSSR count). The fourth-order valence-corrected chi connectivity index (χ4v) is 3.37. The fraction of sp³-hybridized carbons (Fsp3) is 0.429. The number of fused-ring (bicyclic) bond motifs is 1. The molecule has 1 aromatic carbocycles. The van der Waals surface area contributed by atoms with Crippen molar-refractivity contribution in [1.82, 2.24) is 15.6 Å². The molecule has 162 valence electrons. The van der Waals surface area contributed by atoms with E-state index < -0.39 is 42.3 Å². The second kappa shape index (κ2) is 10.4. The van der Waals surface area contributed by atoms with E-state index in [9.17, 15) is 19.2 Å². The second-order valence-electron chi connectivity index (χ2n) is 7.66. The van der Waals surface area contributed by atoms with Gasteiger partial charge in [0.1, 0.15) is 12.6 Å². The van der Waals surface area contributed by atoms with Crippen molar-refractivity contribution in [3.63, 3.8) is 0 Å². The summed E-state index contributed by atoms with van der Waals surface area (Å²) in [7, 11) is 0. The minimum absolute atomic E-state index is 0.0907. The number of aromatic nitrogens is 1. The number of carbonyl (C=O) groups is 4. The Morgan fingerprint density at radius 2 is 1.73 bits per heavy atom. The van der Waals surface area contributed by atoms with Gasteiger partial charge >= 0.3 is 11.9 Å². The number of carbonyl (C=O) groups excluding carboxylic acids is 2. The van der Waals surface area contributed by atoms with E-state index in [4.69, 9.17) is 10.2 Å². The van der Waals surface area contributed by atoms with E-state index in [2.05, 4.69) is 15.6 Å². The van der Waals surface area contributed by atoms with Crippen LogP contribution in [0, 0.1) is 11.8 Å². The summed E-state index contributed by atoms with van der Waals surface area (Å²) in [6, 6.07) is 6.43. The average molecular weight is 417 g/mol. The SMILES string of the molecule is CC(C)CC(CC(=O)O)C(=O)N[C@@H](Cc1c[nH]c2ccccc12)C(=O)NCC(=O)O. The lowest BCUT2D eigenvalue weighted by atomic mass is 9.92. The summed E-state index contributed by atoms with van der Waals surface area (Å²) in [6.07, 6.45) is 1.87. The summed E-state index contributed by atoms with van der Waals surface area (Å²) in [5, 5.41) is 23.8. The highest BCUT2D eigenvalue weighted by Gasteiger charge is 2.28. The number of carboxylic acids is 2. The van der Waals surface area contributed by atoms with Crippen LogP contribution < -0.4 is 10.6 Å². The van der Waals surface area contributed by atoms with E-state index in [-0.39, 0.29) is 18.8 Å². The van der Waals surface area contributed by atoms with Gasteiger partial charge in [-0.3, -0.25) is 19.2 Å². The zero-order chi connectivity index (χ0) is 22.3. The molecule has 0 aliphatic rings. The molecule has 0 bridgehead atoms. The monoisotopic (exact) mass is 417 g/mol. The number of aliphatic carboxylic acids is 2. The number of carboxylic acid groups (broad SMARTS) is 2. The highest BCUT2D eigenvalue weighted by molar-refractivity contribution is 5.92. The zero-order valence-corrected chi connectivity index (χ0v) is 17.0. The number of nitrogens with one attached hydrogen (secondary N) is 3. The van der Waals surface area contributed by atoms with Crippen molar-refractivity contribution in [2.24, 2.45) is 11.8 Å². The lowest BCUT2D eigenvalue weighted by molar-refractivity contribution is -0.142. The van der Waals surface area contributed by atoms with Gasteiger partial charge in [-0.15, -0.1) is 0 Å². The molecule has 1 unspecified atom stereocenters. The normalized spacial score (nSPS) is 13.0. The maximum Gasteiger partial charge on any atom is 0.322 e. The van der Waals surface area contributed by atoms with Gasteiger partial charge in [0.05, 0.1) is 6.42 Å². The highest BCUT2D eigenvalue weighted by atomic mass is 16.4. The molecular formula is C21H27N3O6. The summed E-state index contributed by atoms with van der Waals surface area (Å²) in [6.45, 7) is 3.18. The van der Waals surface area contributed by atoms with Gasteiger partial charge in [0.25, 0.3) is 0 Å². The van der Waals surface area contributed by atoms with E-state index in [1.165, 1.54) is 0 Å². The molecule has 2 amide bonds. The lowest BCUT2D eigenvalue weighted by Crippen LogP contribution is -2.50. The van der Waals surface area contributed by atoms with Crippen LogP contribution in [0.25, 0.3) is 10.9 Å². The van der Waals surface area contributed by atoms with Crippen molar-refractivity contribution < 1.29 is 29.4 Å². The quantitative estimate of drug-likeness (QED) is 0.374. The van der Waals surface area contributed by atoms with Gasteiger partial charge in [0.15, 0.2) is 0 Å². The number of rotatable bonds is 11. The predicted molar refractivity (Wildman–Crippen MR) is 110 cm³/mol. The first-order chi connectivity index (χ1) is 14.2. The Bertz CT molecular complexity index is 920. The van der Waals surface area contributed by atoms with Crippen LogP contribution in [0.4, 0.5) is 0 Å². The number of hydrogen-bond acceptors (Lipinski definition) is 4. The standard InChI is InChI=1S/C21H27N3O6/c1-12(2)7-13(9-18(25)26)20(29)24-17(21(30)23-11-19(27)28)8-14-10-22-16-6-4-3-5-15(14)16/h3-6,10,12-13,17,22H,7-9,11H2,1-2H3,(H,23,30)(H,24,29)(H,25,26)(H,27,28)/t13?,17-/m0/s1. The topological polar surface area (TPSA) is 149 Å². The smallest absolute Gasteiger partial charge is 0.322 e. The molecule has 1 aromatic heterocycles. The summed E-state index contributed by atoms with van der Waals surface area (Å²) in [5.41, 5.74) is 1.65. The Morgan fingerprint density at radius 1 is 1.03 bits per heavy atom. The van der Waals surface area contributed by atoms with E-state index in [1.807, 2.05) is 38.1 Å². The Hall–Kier alpha value is -3.36. The molecular weight excluding hydrogens is 390 g/mol. The van der Waals surface area contributed by atoms with E-state index in [0.717, 1.165) is 16.5 Å². The van der Waals surface area contributed by atoms with Crippen LogP contribution in [-0.4, -0.2) is 51.5 Å². The molecule has 5 N–H and O–H groups in total. The maximum absolute atomic E-state index is 12.8. The predicted octanol–water partition coefficient (Wildman–Crippen LogP) is 1.53. The van der Waals surface area contributed by atoms with Crippen LogP contribution >= 0.6 is 0 Å². The first-order valence-electron chi connectivity index (χ1n) is 9.74. The molecule has 0 spiro atoms. The van der Waals surface area contributed by atoms with Crippen LogP contribution in [-0.2, 0) is 25.6 Å². The van der Waals surface area contributed by atoms with E-state index in [0.29, 0.717) is 6.42 Å². The van der Waals surface area contributed by atoms with Crippen molar-refractivity contribution in [1.29, 1.82) is 0 Å². The lowest BCUT2D eigenvalue weighted by Gasteiger charge is -2.22. The average Bonchev–Trinajstić information content (AvgIpc) is 3.07. The van der Waals surface area contributed by atoms with Crippen molar-refractivity contribution in [3.8, 4) is 0 Å². The van der Waals surface area contributed by atoms with Gasteiger partial charge in [-0.2, -0.15) is 0 Å². The molecule has 0 radical (unpaired) electrons. The minimum atomic E-state index is -1.20. The number of H-pyrrole nitrogens is 1. The first-order valence-corrected chi connectivity index (χ1v) is 9.74. The van der Waals surface area contributed by atoms with Crippen LogP contribution in [0.3, 0.4) is 0 Å². The molecule has 2 aromatic rings. The molecule has 1 heterocycles. The highest BCUT2D eigenvalue weighted by Crippen LogP contribution is 2.20. The third-order valence-electron chi connectivity index (χ3n) is 4.69. The van der Waals surface area contributed by atoms with Crippen molar-refractivity contribution in [2.45, 2.75) is 39.2 Å². The Kier molecular flexibility index (Phi) is 7.97. The van der Waals surface area contributed by atoms with Gasteiger partial charge in [-0.05, 0) is 24.0 Å². The Labute approximate surface area is 173 Å². The third-order valence-corrected chi connectivity index (χ3v) is 4.69. The van der Waals surface area contributed by atoms with Gasteiger partial charge < -0.3 is 25.8 Å². The van der Waals surface area contributed by atoms with Crippen LogP contribution in [0.5, 0.6) is 0 Å². The Morgan fingerprint density at radius 3 is 2.37 bits per heavy atom. The minimum Gasteiger partial charge on any atom is -0.481 e. The Balaban J connectivity index is 2.23. The van der Waals surface area contributed by atoms with E-state index >= 15 is 0 Å². The molecule has 0 saturated carbocycles. The van der Waals surface area contributed by atoms with Gasteiger partial charge in [-0.1, -0.05) is 32.0 Å². The van der Waals surface area contributed by atoms with Gasteiger partial charge in [0.2, 0.25) is 11.8 Å². The first kappa shape index (κ1) is 22.9. The summed E-state index contributed by atoms with van der Waals surface area (Å²) < 4.78 is 0. The molecule has 9 nitrogen and oxygen atoms in total. The maximum atomic E-state index is 12.8. The van der Waals surface area contributed by atoms with Crippen molar-refractivity contribution in [2.75, 3.05) is 6.54 Å². The molecule has 0 fully saturated rings. The van der Waals surface area contributed by atoms with Crippen molar-refractivity contribution >= 4 is 34.7 Å². The second-order valence-corrected chi connectivity index (χ2v) is 7.66. The molecule has 0 saturated heterocycles. The molecule has 9 heteroatoms. The van der Waals surface area contributed by atoms with Crippen LogP contribution in [0.2, 0.25) is 0 Å². The fourth-order valence-electron chi connectivity index (χ4n) is 3.37. The summed E-state index contributed by atoms with van der Waals surface area (Å²) in [4.78, 5) is 50.5. The largest absolute Gasteiger partial charge is 0.481 e. The van der Waals surface area contributed by atoms with Crippen LogP contribution in [0.15, 0.2) is 30.5 Å². The van der Waals surface area contributed by atoms with Crippen LogP contribution in [0.1, 0.15) is 32.3 Å².